The van der Waals surface area contributed by atoms with Gasteiger partial charge in [-0.1, -0.05) is 12.1 Å². The molecule has 1 amide bonds. The number of fused-ring (bicyclic) bond motifs is 1. The van der Waals surface area contributed by atoms with Gasteiger partial charge < -0.3 is 19.8 Å². The van der Waals surface area contributed by atoms with E-state index in [1.807, 2.05) is 0 Å². The molecule has 3 heterocycles. The van der Waals surface area contributed by atoms with Crippen molar-refractivity contribution in [1.29, 1.82) is 0 Å². The van der Waals surface area contributed by atoms with Crippen LogP contribution in [0.15, 0.2) is 90.2 Å². The number of amides is 1. The van der Waals surface area contributed by atoms with Crippen LogP contribution in [0.25, 0.3) is 22.2 Å². The summed E-state index contributed by atoms with van der Waals surface area (Å²) in [5, 5.41) is 2.71. The lowest BCUT2D eigenvalue weighted by Gasteiger charge is -2.10. The minimum atomic E-state index is -0.577. The monoisotopic (exact) mass is 482 g/mol. The van der Waals surface area contributed by atoms with Gasteiger partial charge in [-0.2, -0.15) is 0 Å². The van der Waals surface area contributed by atoms with Gasteiger partial charge >= 0.3 is 0 Å². The number of H-pyrrole nitrogens is 1. The first kappa shape index (κ1) is 22.7. The molecule has 178 valence electrons. The second-order valence-electron chi connectivity index (χ2n) is 7.75. The van der Waals surface area contributed by atoms with E-state index in [0.29, 0.717) is 39.5 Å². The lowest BCUT2D eigenvalue weighted by Crippen LogP contribution is -2.22. The van der Waals surface area contributed by atoms with Crippen molar-refractivity contribution in [3.8, 4) is 28.4 Å². The van der Waals surface area contributed by atoms with Gasteiger partial charge in [0.2, 0.25) is 5.43 Å². The van der Waals surface area contributed by atoms with E-state index < -0.39 is 17.2 Å². The van der Waals surface area contributed by atoms with E-state index in [1.165, 1.54) is 36.7 Å². The number of hydrogen-bond donors (Lipinski definition) is 2. The van der Waals surface area contributed by atoms with E-state index in [0.717, 1.165) is 0 Å². The van der Waals surface area contributed by atoms with Crippen molar-refractivity contribution < 1.29 is 18.7 Å². The van der Waals surface area contributed by atoms with E-state index in [2.05, 4.69) is 20.3 Å². The van der Waals surface area contributed by atoms with Gasteiger partial charge in [-0.15, -0.1) is 0 Å². The molecule has 2 aromatic carbocycles. The zero-order valence-electron chi connectivity index (χ0n) is 19.0. The van der Waals surface area contributed by atoms with Gasteiger partial charge in [-0.3, -0.25) is 14.6 Å². The number of halogens is 1. The summed E-state index contributed by atoms with van der Waals surface area (Å²) >= 11 is 0. The number of pyridine rings is 3. The highest BCUT2D eigenvalue weighted by Gasteiger charge is 2.15. The summed E-state index contributed by atoms with van der Waals surface area (Å²) in [5.74, 6) is 0.643. The van der Waals surface area contributed by atoms with Crippen LogP contribution in [0.5, 0.6) is 17.2 Å². The van der Waals surface area contributed by atoms with Crippen molar-refractivity contribution >= 4 is 22.6 Å². The van der Waals surface area contributed by atoms with E-state index in [1.54, 1.807) is 55.9 Å². The minimum absolute atomic E-state index is 0.0677. The summed E-state index contributed by atoms with van der Waals surface area (Å²) in [5.41, 5.74) is 1.92. The lowest BCUT2D eigenvalue weighted by atomic mass is 10.0. The summed E-state index contributed by atoms with van der Waals surface area (Å²) in [7, 11) is 1.56. The van der Waals surface area contributed by atoms with Crippen LogP contribution in [-0.2, 0) is 0 Å². The fourth-order valence-corrected chi connectivity index (χ4v) is 3.61. The standard InChI is InChI=1S/C27H19FN4O4/c1-35-20-12-23-25(31-13-20)24(10-11-30-23)36-19-8-6-18(7-9-19)32-27(34)22-15-29-14-21(26(22)33)16-2-4-17(28)5-3-16/h2-15H,1H3,(H,29,33)(H,32,34). The molecule has 8 nitrogen and oxygen atoms in total. The highest BCUT2D eigenvalue weighted by Crippen LogP contribution is 2.29. The first-order valence-electron chi connectivity index (χ1n) is 10.9. The van der Waals surface area contributed by atoms with Crippen LogP contribution in [0.2, 0.25) is 0 Å². The summed E-state index contributed by atoms with van der Waals surface area (Å²) < 4.78 is 24.4. The predicted octanol–water partition coefficient (Wildman–Crippen LogP) is 5.18. The van der Waals surface area contributed by atoms with Gasteiger partial charge in [-0.25, -0.2) is 9.37 Å². The number of carbonyl (C=O) groups is 1. The highest BCUT2D eigenvalue weighted by molar-refractivity contribution is 6.04. The number of carbonyl (C=O) groups excluding carboxylic acids is 1. The van der Waals surface area contributed by atoms with E-state index >= 15 is 0 Å². The Morgan fingerprint density at radius 2 is 1.75 bits per heavy atom. The molecule has 0 aliphatic rings. The molecular weight excluding hydrogens is 463 g/mol. The Morgan fingerprint density at radius 1 is 0.972 bits per heavy atom. The van der Waals surface area contributed by atoms with Crippen LogP contribution < -0.4 is 20.2 Å². The van der Waals surface area contributed by atoms with Gasteiger partial charge in [0.05, 0.1) is 18.8 Å². The molecule has 0 fully saturated rings. The third-order valence-corrected chi connectivity index (χ3v) is 5.44. The molecule has 0 atom stereocenters. The third kappa shape index (κ3) is 4.62. The number of ether oxygens (including phenoxy) is 2. The van der Waals surface area contributed by atoms with Crippen LogP contribution >= 0.6 is 0 Å². The summed E-state index contributed by atoms with van der Waals surface area (Å²) in [6.45, 7) is 0. The molecule has 0 aliphatic carbocycles. The number of aromatic nitrogens is 3. The van der Waals surface area contributed by atoms with E-state index in [-0.39, 0.29) is 11.1 Å². The van der Waals surface area contributed by atoms with Crippen molar-refractivity contribution in [3.63, 3.8) is 0 Å². The van der Waals surface area contributed by atoms with E-state index in [4.69, 9.17) is 9.47 Å². The van der Waals surface area contributed by atoms with Gasteiger partial charge in [0.15, 0.2) is 5.75 Å². The van der Waals surface area contributed by atoms with Gasteiger partial charge in [-0.05, 0) is 42.0 Å². The zero-order valence-corrected chi connectivity index (χ0v) is 19.0. The van der Waals surface area contributed by atoms with Crippen molar-refractivity contribution in [1.82, 2.24) is 15.0 Å². The summed E-state index contributed by atoms with van der Waals surface area (Å²) in [6.07, 6.45) is 6.01. The molecule has 5 rings (SSSR count). The molecule has 0 radical (unpaired) electrons. The number of hydrogen-bond acceptors (Lipinski definition) is 6. The van der Waals surface area contributed by atoms with Crippen molar-refractivity contribution in [2.24, 2.45) is 0 Å². The third-order valence-electron chi connectivity index (χ3n) is 5.44. The molecule has 36 heavy (non-hydrogen) atoms. The predicted molar refractivity (Wildman–Crippen MR) is 133 cm³/mol. The van der Waals surface area contributed by atoms with Crippen LogP contribution in [-0.4, -0.2) is 28.0 Å². The maximum Gasteiger partial charge on any atom is 0.261 e. The van der Waals surface area contributed by atoms with Crippen LogP contribution in [0.3, 0.4) is 0 Å². The number of methoxy groups -OCH3 is 1. The molecule has 3 aromatic heterocycles. The number of nitrogens with one attached hydrogen (secondary N) is 2. The molecule has 2 N–H and O–H groups in total. The highest BCUT2D eigenvalue weighted by atomic mass is 19.1. The van der Waals surface area contributed by atoms with Crippen LogP contribution in [0, 0.1) is 5.82 Å². The smallest absolute Gasteiger partial charge is 0.261 e. The van der Waals surface area contributed by atoms with Gasteiger partial charge in [0, 0.05) is 42.0 Å². The number of benzene rings is 2. The topological polar surface area (TPSA) is 106 Å². The van der Waals surface area contributed by atoms with E-state index in [9.17, 15) is 14.0 Å². The first-order valence-corrected chi connectivity index (χ1v) is 10.9. The molecule has 0 bridgehead atoms. The minimum Gasteiger partial charge on any atom is -0.495 e. The molecule has 0 spiro atoms. The molecule has 0 aliphatic heterocycles. The number of rotatable bonds is 6. The molecule has 5 aromatic rings. The summed E-state index contributed by atoms with van der Waals surface area (Å²) in [6, 6.07) is 15.6. The average molecular weight is 482 g/mol. The average Bonchev–Trinajstić information content (AvgIpc) is 2.90. The second-order valence-corrected chi connectivity index (χ2v) is 7.75. The summed E-state index contributed by atoms with van der Waals surface area (Å²) in [4.78, 5) is 37.1. The quantitative estimate of drug-likeness (QED) is 0.346. The Balaban J connectivity index is 1.33. The Labute approximate surface area is 204 Å². The zero-order chi connectivity index (χ0) is 25.1. The Kier molecular flexibility index (Phi) is 6.10. The number of nitrogens with zero attached hydrogens (tertiary/aromatic N) is 2. The molecular formula is C27H19FN4O4. The lowest BCUT2D eigenvalue weighted by molar-refractivity contribution is 0.102. The Hall–Kier alpha value is -5.05. The maximum absolute atomic E-state index is 13.2. The fraction of sp³-hybridized carbons (Fsp3) is 0.0370. The Bertz CT molecular complexity index is 1620. The van der Waals surface area contributed by atoms with Gasteiger partial charge in [0.25, 0.3) is 5.91 Å². The van der Waals surface area contributed by atoms with Crippen molar-refractivity contribution in [2.45, 2.75) is 0 Å². The Morgan fingerprint density at radius 3 is 2.50 bits per heavy atom. The van der Waals surface area contributed by atoms with Crippen molar-refractivity contribution in [2.75, 3.05) is 12.4 Å². The van der Waals surface area contributed by atoms with Crippen LogP contribution in [0.4, 0.5) is 10.1 Å². The molecule has 0 unspecified atom stereocenters. The normalized spacial score (nSPS) is 10.7. The fourth-order valence-electron chi connectivity index (χ4n) is 3.61. The number of aromatic amines is 1. The number of anilines is 1. The van der Waals surface area contributed by atoms with Crippen molar-refractivity contribution in [3.05, 3.63) is 107 Å². The second kappa shape index (κ2) is 9.67. The largest absolute Gasteiger partial charge is 0.495 e. The molecule has 9 heteroatoms. The first-order chi connectivity index (χ1) is 17.5. The molecule has 0 saturated carbocycles. The SMILES string of the molecule is COc1cnc2c(Oc3ccc(NC(=O)c4c[nH]cc(-c5ccc(F)cc5)c4=O)cc3)ccnc2c1. The van der Waals surface area contributed by atoms with Crippen LogP contribution in [0.1, 0.15) is 10.4 Å². The molecule has 0 saturated heterocycles. The van der Waals surface area contributed by atoms with Gasteiger partial charge in [0.1, 0.15) is 28.4 Å². The maximum atomic E-state index is 13.2.